The van der Waals surface area contributed by atoms with E-state index in [1.165, 1.54) is 24.8 Å². The molecule has 1 aromatic rings. The van der Waals surface area contributed by atoms with Crippen LogP contribution in [0, 0.1) is 5.41 Å². The van der Waals surface area contributed by atoms with Crippen LogP contribution in [0.15, 0.2) is 24.3 Å². The largest absolute Gasteiger partial charge is 0.310 e. The second-order valence-electron chi connectivity index (χ2n) is 5.58. The summed E-state index contributed by atoms with van der Waals surface area (Å²) < 4.78 is 0. The van der Waals surface area contributed by atoms with Crippen molar-refractivity contribution in [1.82, 2.24) is 5.32 Å². The van der Waals surface area contributed by atoms with Gasteiger partial charge in [0.1, 0.15) is 0 Å². The molecule has 1 unspecified atom stereocenters. The first-order valence-electron chi connectivity index (χ1n) is 6.04. The van der Waals surface area contributed by atoms with Crippen molar-refractivity contribution >= 4 is 11.6 Å². The number of halogens is 1. The third-order valence-corrected chi connectivity index (χ3v) is 3.88. The molecule has 2 rings (SSSR count). The van der Waals surface area contributed by atoms with E-state index in [2.05, 4.69) is 25.2 Å². The van der Waals surface area contributed by atoms with Crippen LogP contribution in [-0.4, -0.2) is 6.04 Å². The Morgan fingerprint density at radius 2 is 2.12 bits per heavy atom. The molecule has 1 atom stereocenters. The molecule has 0 aromatic heterocycles. The Morgan fingerprint density at radius 1 is 1.38 bits per heavy atom. The SMILES string of the molecule is CC1(C)CCC(NCc2ccccc2Cl)C1. The van der Waals surface area contributed by atoms with Gasteiger partial charge in [0.15, 0.2) is 0 Å². The molecule has 0 aliphatic heterocycles. The molecule has 0 saturated heterocycles. The van der Waals surface area contributed by atoms with Gasteiger partial charge in [-0.2, -0.15) is 0 Å². The molecule has 16 heavy (non-hydrogen) atoms. The zero-order valence-corrected chi connectivity index (χ0v) is 10.8. The van der Waals surface area contributed by atoms with Crippen LogP contribution < -0.4 is 5.32 Å². The molecular weight excluding hydrogens is 218 g/mol. The Balaban J connectivity index is 1.87. The second kappa shape index (κ2) is 4.77. The van der Waals surface area contributed by atoms with Gasteiger partial charge in [-0.3, -0.25) is 0 Å². The van der Waals surface area contributed by atoms with Crippen molar-refractivity contribution in [3.8, 4) is 0 Å². The van der Waals surface area contributed by atoms with Gasteiger partial charge in [-0.05, 0) is 36.3 Å². The van der Waals surface area contributed by atoms with Gasteiger partial charge in [-0.25, -0.2) is 0 Å². The predicted molar refractivity (Wildman–Crippen MR) is 69.7 cm³/mol. The van der Waals surface area contributed by atoms with Gasteiger partial charge in [-0.15, -0.1) is 0 Å². The second-order valence-corrected chi connectivity index (χ2v) is 5.98. The molecule has 1 fully saturated rings. The highest BCUT2D eigenvalue weighted by Crippen LogP contribution is 2.37. The normalized spacial score (nSPS) is 23.6. The van der Waals surface area contributed by atoms with E-state index in [0.717, 1.165) is 11.6 Å². The fraction of sp³-hybridized carbons (Fsp3) is 0.571. The van der Waals surface area contributed by atoms with Gasteiger partial charge in [0.05, 0.1) is 0 Å². The Morgan fingerprint density at radius 3 is 2.75 bits per heavy atom. The first-order valence-corrected chi connectivity index (χ1v) is 6.41. The maximum Gasteiger partial charge on any atom is 0.0450 e. The Labute approximate surface area is 103 Å². The van der Waals surface area contributed by atoms with Gasteiger partial charge in [0, 0.05) is 17.6 Å². The van der Waals surface area contributed by atoms with Crippen LogP contribution in [0.1, 0.15) is 38.7 Å². The fourth-order valence-electron chi connectivity index (χ4n) is 2.51. The van der Waals surface area contributed by atoms with Crippen LogP contribution >= 0.6 is 11.6 Å². The average Bonchev–Trinajstić information content (AvgIpc) is 2.57. The number of rotatable bonds is 3. The highest BCUT2D eigenvalue weighted by atomic mass is 35.5. The molecule has 0 spiro atoms. The van der Waals surface area contributed by atoms with Crippen molar-refractivity contribution in [3.05, 3.63) is 34.9 Å². The van der Waals surface area contributed by atoms with E-state index in [1.807, 2.05) is 18.2 Å². The van der Waals surface area contributed by atoms with Crippen molar-refractivity contribution < 1.29 is 0 Å². The van der Waals surface area contributed by atoms with Gasteiger partial charge in [0.2, 0.25) is 0 Å². The standard InChI is InChI=1S/C14H20ClN/c1-14(2)8-7-12(9-14)16-10-11-5-3-4-6-13(11)15/h3-6,12,16H,7-10H2,1-2H3. The quantitative estimate of drug-likeness (QED) is 0.838. The summed E-state index contributed by atoms with van der Waals surface area (Å²) in [5.74, 6) is 0. The molecule has 1 aliphatic carbocycles. The zero-order chi connectivity index (χ0) is 11.6. The molecule has 0 radical (unpaired) electrons. The zero-order valence-electron chi connectivity index (χ0n) is 10.1. The highest BCUT2D eigenvalue weighted by molar-refractivity contribution is 6.31. The molecule has 0 heterocycles. The van der Waals surface area contributed by atoms with E-state index in [4.69, 9.17) is 11.6 Å². The molecule has 1 N–H and O–H groups in total. The lowest BCUT2D eigenvalue weighted by atomic mass is 9.92. The summed E-state index contributed by atoms with van der Waals surface area (Å²) in [5, 5.41) is 4.48. The van der Waals surface area contributed by atoms with Gasteiger partial charge < -0.3 is 5.32 Å². The Kier molecular flexibility index (Phi) is 3.56. The summed E-state index contributed by atoms with van der Waals surface area (Å²) in [6.07, 6.45) is 3.89. The van der Waals surface area contributed by atoms with Crippen LogP contribution in [0.5, 0.6) is 0 Å². The summed E-state index contributed by atoms with van der Waals surface area (Å²) in [7, 11) is 0. The lowest BCUT2D eigenvalue weighted by Crippen LogP contribution is -2.26. The monoisotopic (exact) mass is 237 g/mol. The maximum absolute atomic E-state index is 6.13. The van der Waals surface area contributed by atoms with Gasteiger partial charge in [0.25, 0.3) is 0 Å². The van der Waals surface area contributed by atoms with E-state index in [-0.39, 0.29) is 0 Å². The summed E-state index contributed by atoms with van der Waals surface area (Å²) in [4.78, 5) is 0. The maximum atomic E-state index is 6.13. The number of nitrogens with one attached hydrogen (secondary N) is 1. The lowest BCUT2D eigenvalue weighted by Gasteiger charge is -2.18. The van der Waals surface area contributed by atoms with Crippen molar-refractivity contribution in [2.45, 2.75) is 45.7 Å². The average molecular weight is 238 g/mol. The van der Waals surface area contributed by atoms with E-state index in [0.29, 0.717) is 11.5 Å². The Hall–Kier alpha value is -0.530. The third-order valence-electron chi connectivity index (χ3n) is 3.51. The number of hydrogen-bond donors (Lipinski definition) is 1. The van der Waals surface area contributed by atoms with Crippen molar-refractivity contribution in [2.75, 3.05) is 0 Å². The third kappa shape index (κ3) is 2.99. The summed E-state index contributed by atoms with van der Waals surface area (Å²) in [6, 6.07) is 8.73. The molecule has 88 valence electrons. The van der Waals surface area contributed by atoms with Gasteiger partial charge in [-0.1, -0.05) is 43.6 Å². The van der Waals surface area contributed by atoms with E-state index >= 15 is 0 Å². The molecule has 0 amide bonds. The molecular formula is C14H20ClN. The number of hydrogen-bond acceptors (Lipinski definition) is 1. The van der Waals surface area contributed by atoms with Gasteiger partial charge >= 0.3 is 0 Å². The molecule has 1 aliphatic rings. The summed E-state index contributed by atoms with van der Waals surface area (Å²) in [6.45, 7) is 5.59. The van der Waals surface area contributed by atoms with Crippen LogP contribution in [0.3, 0.4) is 0 Å². The van der Waals surface area contributed by atoms with E-state index < -0.39 is 0 Å². The van der Waals surface area contributed by atoms with Crippen molar-refractivity contribution in [2.24, 2.45) is 5.41 Å². The molecule has 1 nitrogen and oxygen atoms in total. The van der Waals surface area contributed by atoms with Crippen molar-refractivity contribution in [1.29, 1.82) is 0 Å². The fourth-order valence-corrected chi connectivity index (χ4v) is 2.71. The summed E-state index contributed by atoms with van der Waals surface area (Å²) >= 11 is 6.13. The van der Waals surface area contributed by atoms with E-state index in [1.54, 1.807) is 0 Å². The van der Waals surface area contributed by atoms with E-state index in [9.17, 15) is 0 Å². The number of benzene rings is 1. The summed E-state index contributed by atoms with van der Waals surface area (Å²) in [5.41, 5.74) is 1.71. The molecule has 1 aromatic carbocycles. The first kappa shape index (κ1) is 11.9. The van der Waals surface area contributed by atoms with Crippen LogP contribution in [0.4, 0.5) is 0 Å². The molecule has 2 heteroatoms. The van der Waals surface area contributed by atoms with Crippen LogP contribution in [0.25, 0.3) is 0 Å². The predicted octanol–water partition coefficient (Wildman–Crippen LogP) is 4.01. The highest BCUT2D eigenvalue weighted by Gasteiger charge is 2.30. The van der Waals surface area contributed by atoms with Crippen molar-refractivity contribution in [3.63, 3.8) is 0 Å². The smallest absolute Gasteiger partial charge is 0.0450 e. The molecule has 1 saturated carbocycles. The Bertz CT molecular complexity index is 360. The van der Waals surface area contributed by atoms with Crippen LogP contribution in [-0.2, 0) is 6.54 Å². The minimum atomic E-state index is 0.512. The first-order chi connectivity index (χ1) is 7.57. The minimum Gasteiger partial charge on any atom is -0.310 e. The topological polar surface area (TPSA) is 12.0 Å². The van der Waals surface area contributed by atoms with Crippen LogP contribution in [0.2, 0.25) is 5.02 Å². The lowest BCUT2D eigenvalue weighted by molar-refractivity contribution is 0.364. The molecule has 0 bridgehead atoms. The minimum absolute atomic E-state index is 0.512.